The van der Waals surface area contributed by atoms with Gasteiger partial charge in [-0.1, -0.05) is 54.1 Å². The molecular weight excluding hydrogens is 336 g/mol. The van der Waals surface area contributed by atoms with Gasteiger partial charge < -0.3 is 5.32 Å². The molecule has 0 aromatic heterocycles. The lowest BCUT2D eigenvalue weighted by atomic mass is 10.1. The van der Waals surface area contributed by atoms with E-state index in [4.69, 9.17) is 0 Å². The van der Waals surface area contributed by atoms with Gasteiger partial charge in [-0.25, -0.2) is 8.42 Å². The van der Waals surface area contributed by atoms with E-state index in [1.807, 2.05) is 37.3 Å². The smallest absolute Gasteiger partial charge is 0.241 e. The maximum Gasteiger partial charge on any atom is 0.241 e. The second kappa shape index (κ2) is 8.60. The predicted octanol–water partition coefficient (Wildman–Crippen LogP) is 2.19. The molecule has 0 spiro atoms. The van der Waals surface area contributed by atoms with Crippen LogP contribution in [0.3, 0.4) is 0 Å². The third-order valence-electron chi connectivity index (χ3n) is 3.65. The SMILES string of the molecule is C=CCNC(=O)[C@@H](Cc1ccccc1)NS(=O)(=O)c1ccc(C)cc1. The van der Waals surface area contributed by atoms with Gasteiger partial charge in [0.2, 0.25) is 15.9 Å². The molecule has 0 radical (unpaired) electrons. The minimum absolute atomic E-state index is 0.132. The summed E-state index contributed by atoms with van der Waals surface area (Å²) in [6, 6.07) is 14.9. The fourth-order valence-corrected chi connectivity index (χ4v) is 3.50. The first kappa shape index (κ1) is 18.9. The van der Waals surface area contributed by atoms with E-state index in [0.717, 1.165) is 11.1 Å². The Morgan fingerprint density at radius 1 is 1.12 bits per heavy atom. The number of aryl methyl sites for hydroxylation is 1. The van der Waals surface area contributed by atoms with Crippen molar-refractivity contribution in [2.45, 2.75) is 24.3 Å². The van der Waals surface area contributed by atoms with Crippen molar-refractivity contribution in [2.75, 3.05) is 6.54 Å². The van der Waals surface area contributed by atoms with E-state index in [9.17, 15) is 13.2 Å². The zero-order chi connectivity index (χ0) is 18.3. The molecule has 25 heavy (non-hydrogen) atoms. The Labute approximate surface area is 148 Å². The van der Waals surface area contributed by atoms with Gasteiger partial charge in [-0.3, -0.25) is 4.79 Å². The van der Waals surface area contributed by atoms with Crippen molar-refractivity contribution in [1.82, 2.24) is 10.0 Å². The number of hydrogen-bond donors (Lipinski definition) is 2. The Morgan fingerprint density at radius 3 is 2.36 bits per heavy atom. The second-order valence-corrected chi connectivity index (χ2v) is 7.42. The molecule has 2 N–H and O–H groups in total. The van der Waals surface area contributed by atoms with Crippen LogP contribution in [0, 0.1) is 6.92 Å². The van der Waals surface area contributed by atoms with Crippen molar-refractivity contribution < 1.29 is 13.2 Å². The van der Waals surface area contributed by atoms with Crippen LogP contribution in [0.25, 0.3) is 0 Å². The van der Waals surface area contributed by atoms with Gasteiger partial charge in [0.05, 0.1) is 4.90 Å². The fourth-order valence-electron chi connectivity index (χ4n) is 2.31. The summed E-state index contributed by atoms with van der Waals surface area (Å²) < 4.78 is 27.7. The monoisotopic (exact) mass is 358 g/mol. The highest BCUT2D eigenvalue weighted by molar-refractivity contribution is 7.89. The molecule has 0 saturated heterocycles. The van der Waals surface area contributed by atoms with Crippen molar-refractivity contribution in [3.63, 3.8) is 0 Å². The first-order valence-electron chi connectivity index (χ1n) is 7.94. The van der Waals surface area contributed by atoms with Gasteiger partial charge in [0.25, 0.3) is 0 Å². The molecule has 6 heteroatoms. The number of amides is 1. The molecule has 0 fully saturated rings. The normalized spacial score (nSPS) is 12.4. The lowest BCUT2D eigenvalue weighted by molar-refractivity contribution is -0.122. The Balaban J connectivity index is 2.23. The van der Waals surface area contributed by atoms with Crippen molar-refractivity contribution in [3.8, 4) is 0 Å². The average molecular weight is 358 g/mol. The van der Waals surface area contributed by atoms with Crippen LogP contribution in [0.1, 0.15) is 11.1 Å². The maximum absolute atomic E-state index is 12.6. The van der Waals surface area contributed by atoms with Crippen molar-refractivity contribution >= 4 is 15.9 Å². The van der Waals surface area contributed by atoms with Crippen LogP contribution in [-0.2, 0) is 21.2 Å². The summed E-state index contributed by atoms with van der Waals surface area (Å²) in [4.78, 5) is 12.5. The number of sulfonamides is 1. The largest absolute Gasteiger partial charge is 0.351 e. The number of carbonyl (C=O) groups excluding carboxylic acids is 1. The molecule has 132 valence electrons. The predicted molar refractivity (Wildman–Crippen MR) is 98.6 cm³/mol. The van der Waals surface area contributed by atoms with E-state index in [1.54, 1.807) is 18.2 Å². The minimum atomic E-state index is -3.80. The molecular formula is C19H22N2O3S. The molecule has 0 aliphatic rings. The Hall–Kier alpha value is -2.44. The molecule has 2 aromatic rings. The zero-order valence-electron chi connectivity index (χ0n) is 14.1. The molecule has 0 saturated carbocycles. The number of carbonyl (C=O) groups is 1. The Bertz CT molecular complexity index is 816. The molecule has 2 aromatic carbocycles. The van der Waals surface area contributed by atoms with Gasteiger partial charge in [0.15, 0.2) is 0 Å². The van der Waals surface area contributed by atoms with Crippen molar-refractivity contribution in [1.29, 1.82) is 0 Å². The summed E-state index contributed by atoms with van der Waals surface area (Å²) in [7, 11) is -3.80. The van der Waals surface area contributed by atoms with E-state index in [0.29, 0.717) is 0 Å². The van der Waals surface area contributed by atoms with Crippen LogP contribution in [0.4, 0.5) is 0 Å². The number of nitrogens with one attached hydrogen (secondary N) is 2. The highest BCUT2D eigenvalue weighted by Crippen LogP contribution is 2.12. The van der Waals surface area contributed by atoms with Gasteiger partial charge in [-0.05, 0) is 31.0 Å². The van der Waals surface area contributed by atoms with Gasteiger partial charge in [-0.2, -0.15) is 4.72 Å². The van der Waals surface area contributed by atoms with Crippen LogP contribution in [0.2, 0.25) is 0 Å². The summed E-state index contributed by atoms with van der Waals surface area (Å²) in [6.07, 6.45) is 1.81. The van der Waals surface area contributed by atoms with Crippen molar-refractivity contribution in [2.24, 2.45) is 0 Å². The summed E-state index contributed by atoms with van der Waals surface area (Å²) >= 11 is 0. The highest BCUT2D eigenvalue weighted by Gasteiger charge is 2.25. The molecule has 0 bridgehead atoms. The zero-order valence-corrected chi connectivity index (χ0v) is 14.9. The molecule has 0 unspecified atom stereocenters. The summed E-state index contributed by atoms with van der Waals surface area (Å²) in [5.41, 5.74) is 1.83. The second-order valence-electron chi connectivity index (χ2n) is 5.71. The Morgan fingerprint density at radius 2 is 1.76 bits per heavy atom. The molecule has 2 rings (SSSR count). The van der Waals surface area contributed by atoms with Gasteiger partial charge in [0, 0.05) is 6.54 Å². The fraction of sp³-hybridized carbons (Fsp3) is 0.211. The van der Waals surface area contributed by atoms with Crippen LogP contribution in [-0.4, -0.2) is 26.9 Å². The molecule has 0 aliphatic carbocycles. The summed E-state index contributed by atoms with van der Waals surface area (Å²) in [5.74, 6) is -0.389. The van der Waals surface area contributed by atoms with Crippen LogP contribution in [0.5, 0.6) is 0 Å². The quantitative estimate of drug-likeness (QED) is 0.710. The maximum atomic E-state index is 12.6. The molecule has 1 atom stereocenters. The van der Waals surface area contributed by atoms with E-state index in [2.05, 4.69) is 16.6 Å². The summed E-state index contributed by atoms with van der Waals surface area (Å²) in [5, 5.41) is 2.65. The number of benzene rings is 2. The summed E-state index contributed by atoms with van der Waals surface area (Å²) in [6.45, 7) is 5.71. The van der Waals surface area contributed by atoms with E-state index in [-0.39, 0.29) is 23.8 Å². The van der Waals surface area contributed by atoms with E-state index < -0.39 is 16.1 Å². The molecule has 0 heterocycles. The van der Waals surface area contributed by atoms with E-state index >= 15 is 0 Å². The van der Waals surface area contributed by atoms with Gasteiger partial charge in [-0.15, -0.1) is 6.58 Å². The molecule has 0 aliphatic heterocycles. The Kier molecular flexibility index (Phi) is 6.50. The first-order valence-corrected chi connectivity index (χ1v) is 9.42. The minimum Gasteiger partial charge on any atom is -0.351 e. The lowest BCUT2D eigenvalue weighted by Gasteiger charge is -2.18. The van der Waals surface area contributed by atoms with Crippen LogP contribution < -0.4 is 10.0 Å². The standard InChI is InChI=1S/C19H22N2O3S/c1-3-13-20-19(22)18(14-16-7-5-4-6-8-16)21-25(23,24)17-11-9-15(2)10-12-17/h3-12,18,21H,1,13-14H2,2H3,(H,20,22)/t18-/m1/s1. The number of hydrogen-bond acceptors (Lipinski definition) is 3. The van der Waals surface area contributed by atoms with Gasteiger partial charge >= 0.3 is 0 Å². The van der Waals surface area contributed by atoms with Gasteiger partial charge in [0.1, 0.15) is 6.04 Å². The first-order chi connectivity index (χ1) is 11.9. The molecule has 1 amide bonds. The topological polar surface area (TPSA) is 75.3 Å². The van der Waals surface area contributed by atoms with Crippen LogP contribution in [0.15, 0.2) is 72.1 Å². The van der Waals surface area contributed by atoms with E-state index in [1.165, 1.54) is 12.1 Å². The van der Waals surface area contributed by atoms with Crippen LogP contribution >= 0.6 is 0 Å². The third-order valence-corrected chi connectivity index (χ3v) is 5.14. The van der Waals surface area contributed by atoms with Crippen molar-refractivity contribution in [3.05, 3.63) is 78.4 Å². The highest BCUT2D eigenvalue weighted by atomic mass is 32.2. The lowest BCUT2D eigenvalue weighted by Crippen LogP contribution is -2.47. The molecule has 5 nitrogen and oxygen atoms in total. The average Bonchev–Trinajstić information content (AvgIpc) is 2.60. The third kappa shape index (κ3) is 5.55. The number of rotatable bonds is 8.